The Bertz CT molecular complexity index is 819. The van der Waals surface area contributed by atoms with E-state index in [1.54, 1.807) is 12.4 Å². The Hall–Kier alpha value is -1.62. The molecule has 0 spiro atoms. The Morgan fingerprint density at radius 3 is 2.36 bits per heavy atom. The molecule has 0 aromatic carbocycles. The van der Waals surface area contributed by atoms with E-state index >= 15 is 8.78 Å². The van der Waals surface area contributed by atoms with Crippen molar-refractivity contribution in [2.45, 2.75) is 103 Å². The van der Waals surface area contributed by atoms with Crippen molar-refractivity contribution in [2.24, 2.45) is 17.8 Å². The average Bonchev–Trinajstić information content (AvgIpc) is 2.86. The molecule has 3 unspecified atom stereocenters. The molecule has 1 aromatic rings. The van der Waals surface area contributed by atoms with Crippen LogP contribution >= 0.6 is 0 Å². The first-order valence-electron chi connectivity index (χ1n) is 13.3. The van der Waals surface area contributed by atoms with Gasteiger partial charge in [0.15, 0.2) is 11.7 Å². The summed E-state index contributed by atoms with van der Waals surface area (Å²) in [5, 5.41) is 0. The maximum atomic E-state index is 15.1. The lowest BCUT2D eigenvalue weighted by molar-refractivity contribution is -0.00220. The second-order valence-corrected chi connectivity index (χ2v) is 10.4. The molecule has 4 rings (SSSR count). The summed E-state index contributed by atoms with van der Waals surface area (Å²) in [4.78, 5) is 8.85. The van der Waals surface area contributed by atoms with Crippen molar-refractivity contribution in [1.29, 1.82) is 0 Å². The quantitative estimate of drug-likeness (QED) is 0.369. The summed E-state index contributed by atoms with van der Waals surface area (Å²) < 4.78 is 36.2. The maximum absolute atomic E-state index is 15.1. The van der Waals surface area contributed by atoms with Crippen molar-refractivity contribution in [3.05, 3.63) is 41.5 Å². The van der Waals surface area contributed by atoms with Crippen LogP contribution in [0, 0.1) is 17.8 Å². The van der Waals surface area contributed by atoms with Crippen LogP contribution in [-0.4, -0.2) is 22.7 Å². The Morgan fingerprint density at radius 1 is 0.970 bits per heavy atom. The molecule has 1 saturated heterocycles. The van der Waals surface area contributed by atoms with Crippen LogP contribution < -0.4 is 0 Å². The lowest BCUT2D eigenvalue weighted by Crippen LogP contribution is -2.25. The number of allylic oxidation sites excluding steroid dienone is 4. The van der Waals surface area contributed by atoms with E-state index in [9.17, 15) is 0 Å². The molecule has 1 saturated carbocycles. The zero-order valence-corrected chi connectivity index (χ0v) is 20.4. The highest BCUT2D eigenvalue weighted by atomic mass is 19.2. The van der Waals surface area contributed by atoms with E-state index in [2.05, 4.69) is 23.8 Å². The van der Waals surface area contributed by atoms with Gasteiger partial charge in [-0.3, -0.25) is 0 Å². The normalized spacial score (nSPS) is 30.9. The largest absolute Gasteiger partial charge is 0.378 e. The van der Waals surface area contributed by atoms with Crippen molar-refractivity contribution in [3.8, 4) is 0 Å². The fraction of sp³-hybridized carbons (Fsp3) is 0.714. The minimum absolute atomic E-state index is 0.216. The van der Waals surface area contributed by atoms with Crippen LogP contribution in [0.2, 0.25) is 0 Å². The molecular formula is C28H40F2N2O. The Balaban J connectivity index is 1.34. The van der Waals surface area contributed by atoms with E-state index in [1.165, 1.54) is 25.7 Å². The Labute approximate surface area is 198 Å². The number of hydrogen-bond acceptors (Lipinski definition) is 3. The van der Waals surface area contributed by atoms with E-state index in [-0.39, 0.29) is 29.2 Å². The van der Waals surface area contributed by atoms with Crippen LogP contribution in [0.4, 0.5) is 8.78 Å². The molecule has 3 nitrogen and oxygen atoms in total. The van der Waals surface area contributed by atoms with Crippen molar-refractivity contribution >= 4 is 5.57 Å². The molecule has 0 radical (unpaired) electrons. The van der Waals surface area contributed by atoms with Crippen LogP contribution in [0.15, 0.2) is 30.1 Å². The second kappa shape index (κ2) is 11.7. The summed E-state index contributed by atoms with van der Waals surface area (Å²) in [6, 6.07) is 0. The molecule has 33 heavy (non-hydrogen) atoms. The molecule has 0 bridgehead atoms. The summed E-state index contributed by atoms with van der Waals surface area (Å²) in [5.74, 6) is -0.105. The van der Waals surface area contributed by atoms with Crippen molar-refractivity contribution in [1.82, 2.24) is 9.97 Å². The van der Waals surface area contributed by atoms with E-state index in [0.29, 0.717) is 19.1 Å². The summed E-state index contributed by atoms with van der Waals surface area (Å²) in [5.41, 5.74) is 1.24. The minimum Gasteiger partial charge on any atom is -0.378 e. The molecule has 3 atom stereocenters. The summed E-state index contributed by atoms with van der Waals surface area (Å²) >= 11 is 0. The van der Waals surface area contributed by atoms with Gasteiger partial charge in [0.2, 0.25) is 0 Å². The molecule has 1 aromatic heterocycles. The zero-order chi connectivity index (χ0) is 23.2. The molecule has 3 aliphatic rings. The molecule has 5 heteroatoms. The first kappa shape index (κ1) is 24.5. The van der Waals surface area contributed by atoms with Gasteiger partial charge in [-0.2, -0.15) is 0 Å². The van der Waals surface area contributed by atoms with Gasteiger partial charge < -0.3 is 4.74 Å². The summed E-state index contributed by atoms with van der Waals surface area (Å²) in [6.45, 7) is 5.13. The van der Waals surface area contributed by atoms with Gasteiger partial charge in [-0.15, -0.1) is 0 Å². The number of rotatable bonds is 8. The van der Waals surface area contributed by atoms with E-state index in [1.807, 2.05) is 6.08 Å². The predicted octanol–water partition coefficient (Wildman–Crippen LogP) is 8.09. The first-order valence-corrected chi connectivity index (χ1v) is 13.3. The van der Waals surface area contributed by atoms with Gasteiger partial charge >= 0.3 is 0 Å². The van der Waals surface area contributed by atoms with Gasteiger partial charge in [0.1, 0.15) is 5.83 Å². The highest BCUT2D eigenvalue weighted by Crippen LogP contribution is 2.45. The van der Waals surface area contributed by atoms with Crippen molar-refractivity contribution in [2.75, 3.05) is 6.61 Å². The predicted molar refractivity (Wildman–Crippen MR) is 129 cm³/mol. The zero-order valence-electron chi connectivity index (χ0n) is 20.4. The maximum Gasteiger partial charge on any atom is 0.165 e. The minimum atomic E-state index is -0.757. The first-order chi connectivity index (χ1) is 16.1. The topological polar surface area (TPSA) is 35.0 Å². The van der Waals surface area contributed by atoms with Crippen molar-refractivity contribution < 1.29 is 13.5 Å². The Kier molecular flexibility index (Phi) is 8.67. The fourth-order valence-corrected chi connectivity index (χ4v) is 5.92. The Morgan fingerprint density at radius 2 is 1.73 bits per heavy atom. The monoisotopic (exact) mass is 458 g/mol. The number of halogens is 2. The van der Waals surface area contributed by atoms with E-state index in [0.717, 1.165) is 56.4 Å². The molecule has 2 heterocycles. The SMILES string of the molecule is CCCCCC1CCC(c2cnc(C3=CCC(C4CCC(CC)CC4)C(F)=C3F)nc2)CO1. The van der Waals surface area contributed by atoms with Crippen LogP contribution in [0.25, 0.3) is 5.57 Å². The lowest BCUT2D eigenvalue weighted by Gasteiger charge is -2.34. The van der Waals surface area contributed by atoms with Crippen LogP contribution in [0.3, 0.4) is 0 Å². The number of nitrogens with zero attached hydrogens (tertiary/aromatic N) is 2. The van der Waals surface area contributed by atoms with Gasteiger partial charge in [0, 0.05) is 24.2 Å². The van der Waals surface area contributed by atoms with Gasteiger partial charge in [0.05, 0.1) is 18.3 Å². The van der Waals surface area contributed by atoms with Gasteiger partial charge in [0.25, 0.3) is 0 Å². The summed E-state index contributed by atoms with van der Waals surface area (Å²) in [7, 11) is 0. The number of unbranched alkanes of at least 4 members (excludes halogenated alkanes) is 2. The highest BCUT2D eigenvalue weighted by Gasteiger charge is 2.35. The molecule has 2 fully saturated rings. The number of hydrogen-bond donors (Lipinski definition) is 0. The van der Waals surface area contributed by atoms with E-state index in [4.69, 9.17) is 4.74 Å². The van der Waals surface area contributed by atoms with E-state index < -0.39 is 11.7 Å². The summed E-state index contributed by atoms with van der Waals surface area (Å²) in [6.07, 6.45) is 18.7. The molecular weight excluding hydrogens is 418 g/mol. The standard InChI is InChI=1S/C28H40F2N2O/c1-3-5-6-7-23-13-12-21(18-33-23)22-16-31-28(32-17-22)25-15-14-24(26(29)27(25)30)20-10-8-19(4-2)9-11-20/h15-17,19-21,23-24H,3-14,18H2,1-2H3. The molecule has 1 aliphatic heterocycles. The molecule has 182 valence electrons. The second-order valence-electron chi connectivity index (χ2n) is 10.4. The molecule has 0 N–H and O–H groups in total. The van der Waals surface area contributed by atoms with Crippen LogP contribution in [0.1, 0.15) is 108 Å². The van der Waals surface area contributed by atoms with Gasteiger partial charge in [-0.05, 0) is 55.9 Å². The third kappa shape index (κ3) is 5.90. The number of aromatic nitrogens is 2. The molecule has 0 amide bonds. The van der Waals surface area contributed by atoms with Gasteiger partial charge in [-0.25, -0.2) is 18.7 Å². The molecule has 2 aliphatic carbocycles. The van der Waals surface area contributed by atoms with Crippen LogP contribution in [0.5, 0.6) is 0 Å². The van der Waals surface area contributed by atoms with Gasteiger partial charge in [-0.1, -0.05) is 58.4 Å². The van der Waals surface area contributed by atoms with Crippen molar-refractivity contribution in [3.63, 3.8) is 0 Å². The third-order valence-electron chi connectivity index (χ3n) is 8.27. The fourth-order valence-electron chi connectivity index (χ4n) is 5.92. The van der Waals surface area contributed by atoms with Crippen LogP contribution in [-0.2, 0) is 4.74 Å². The smallest absolute Gasteiger partial charge is 0.165 e. The third-order valence-corrected chi connectivity index (χ3v) is 8.27. The average molecular weight is 459 g/mol. The lowest BCUT2D eigenvalue weighted by atomic mass is 9.72. The highest BCUT2D eigenvalue weighted by molar-refractivity contribution is 5.74. The number of ether oxygens (including phenoxy) is 1.